The predicted molar refractivity (Wildman–Crippen MR) is 68.5 cm³/mol. The van der Waals surface area contributed by atoms with Crippen LogP contribution in [0.25, 0.3) is 0 Å². The van der Waals surface area contributed by atoms with Crippen molar-refractivity contribution in [3.05, 3.63) is 29.8 Å². The Kier molecular flexibility index (Phi) is 5.76. The largest absolute Gasteiger partial charge is 0.316 e. The lowest BCUT2D eigenvalue weighted by molar-refractivity contribution is 0.437. The first-order chi connectivity index (χ1) is 7.22. The zero-order valence-corrected chi connectivity index (χ0v) is 10.6. The third-order valence-corrected chi connectivity index (χ3v) is 3.10. The molecule has 0 aliphatic rings. The maximum absolute atomic E-state index is 3.15. The minimum absolute atomic E-state index is 0.947. The van der Waals surface area contributed by atoms with E-state index in [1.54, 1.807) is 0 Å². The van der Waals surface area contributed by atoms with Gasteiger partial charge in [-0.05, 0) is 38.8 Å². The van der Waals surface area contributed by atoms with E-state index >= 15 is 0 Å². The molecule has 1 rings (SSSR count). The summed E-state index contributed by atoms with van der Waals surface area (Å²) in [6, 6.07) is 8.78. The average Bonchev–Trinajstić information content (AvgIpc) is 2.20. The van der Waals surface area contributed by atoms with Crippen LogP contribution in [0.15, 0.2) is 29.2 Å². The molecule has 0 saturated heterocycles. The van der Waals surface area contributed by atoms with Gasteiger partial charge >= 0.3 is 0 Å². The van der Waals surface area contributed by atoms with Gasteiger partial charge in [0.1, 0.15) is 0 Å². The first-order valence-electron chi connectivity index (χ1n) is 5.23. The molecular formula is C12H20N2S. The third-order valence-electron chi connectivity index (χ3n) is 2.11. The summed E-state index contributed by atoms with van der Waals surface area (Å²) >= 11 is 1.91. The van der Waals surface area contributed by atoms with E-state index in [9.17, 15) is 0 Å². The van der Waals surface area contributed by atoms with Crippen molar-refractivity contribution in [2.45, 2.75) is 11.4 Å². The molecule has 1 aromatic rings. The van der Waals surface area contributed by atoms with Crippen LogP contribution in [0.3, 0.4) is 0 Å². The number of nitrogens with zero attached hydrogens (tertiary/aromatic N) is 1. The third kappa shape index (κ3) is 5.21. The molecule has 15 heavy (non-hydrogen) atoms. The Bertz CT molecular complexity index is 269. The molecule has 1 N–H and O–H groups in total. The van der Waals surface area contributed by atoms with Crippen LogP contribution < -0.4 is 5.32 Å². The Morgan fingerprint density at radius 2 is 1.87 bits per heavy atom. The highest BCUT2D eigenvalue weighted by Gasteiger charge is 1.96. The first-order valence-corrected chi connectivity index (χ1v) is 6.22. The summed E-state index contributed by atoms with van der Waals surface area (Å²) in [5, 5.41) is 3.15. The van der Waals surface area contributed by atoms with E-state index in [0.717, 1.165) is 18.8 Å². The molecular weight excluding hydrogens is 204 g/mol. The minimum atomic E-state index is 0.947. The summed E-state index contributed by atoms with van der Waals surface area (Å²) in [6.07, 6.45) is 0. The number of nitrogens with one attached hydrogen (secondary N) is 1. The first kappa shape index (κ1) is 12.6. The van der Waals surface area contributed by atoms with Crippen LogP contribution in [-0.2, 0) is 6.54 Å². The average molecular weight is 224 g/mol. The lowest BCUT2D eigenvalue weighted by Gasteiger charge is -2.08. The number of hydrogen-bond acceptors (Lipinski definition) is 3. The fourth-order valence-corrected chi connectivity index (χ4v) is 2.27. The van der Waals surface area contributed by atoms with Crippen molar-refractivity contribution in [2.75, 3.05) is 33.4 Å². The van der Waals surface area contributed by atoms with Crippen LogP contribution >= 0.6 is 11.8 Å². The van der Waals surface area contributed by atoms with E-state index in [2.05, 4.69) is 48.6 Å². The van der Waals surface area contributed by atoms with Gasteiger partial charge in [-0.25, -0.2) is 0 Å². The van der Waals surface area contributed by atoms with Gasteiger partial charge in [0.25, 0.3) is 0 Å². The zero-order valence-electron chi connectivity index (χ0n) is 9.79. The molecule has 1 aromatic carbocycles. The van der Waals surface area contributed by atoms with Gasteiger partial charge in [0.05, 0.1) is 0 Å². The van der Waals surface area contributed by atoms with Crippen molar-refractivity contribution in [3.8, 4) is 0 Å². The van der Waals surface area contributed by atoms with E-state index in [0.29, 0.717) is 0 Å². The smallest absolute Gasteiger partial charge is 0.0202 e. The number of rotatable bonds is 6. The molecule has 0 saturated carbocycles. The molecule has 0 aliphatic heterocycles. The fraction of sp³-hybridized carbons (Fsp3) is 0.500. The Labute approximate surface area is 97.1 Å². The normalized spacial score (nSPS) is 10.9. The van der Waals surface area contributed by atoms with Crippen molar-refractivity contribution in [2.24, 2.45) is 0 Å². The van der Waals surface area contributed by atoms with Gasteiger partial charge < -0.3 is 10.2 Å². The van der Waals surface area contributed by atoms with Crippen molar-refractivity contribution in [1.82, 2.24) is 10.2 Å². The van der Waals surface area contributed by atoms with E-state index in [1.807, 2.05) is 18.8 Å². The lowest BCUT2D eigenvalue weighted by Crippen LogP contribution is -2.14. The molecule has 3 heteroatoms. The molecule has 0 heterocycles. The summed E-state index contributed by atoms with van der Waals surface area (Å²) in [6.45, 7) is 2.07. The minimum Gasteiger partial charge on any atom is -0.316 e. The van der Waals surface area contributed by atoms with Gasteiger partial charge in [-0.15, -0.1) is 11.8 Å². The molecule has 0 aromatic heterocycles. The van der Waals surface area contributed by atoms with E-state index in [-0.39, 0.29) is 0 Å². The quantitative estimate of drug-likeness (QED) is 0.745. The maximum Gasteiger partial charge on any atom is 0.0202 e. The molecule has 0 spiro atoms. The van der Waals surface area contributed by atoms with Gasteiger partial charge in [0.15, 0.2) is 0 Å². The zero-order chi connectivity index (χ0) is 11.1. The molecule has 0 aliphatic carbocycles. The fourth-order valence-electron chi connectivity index (χ4n) is 1.25. The molecule has 0 fully saturated rings. The molecule has 0 atom stereocenters. The highest BCUT2D eigenvalue weighted by molar-refractivity contribution is 7.99. The lowest BCUT2D eigenvalue weighted by atomic mass is 10.2. The molecule has 84 valence electrons. The van der Waals surface area contributed by atoms with Crippen LogP contribution in [0.5, 0.6) is 0 Å². The van der Waals surface area contributed by atoms with Crippen LogP contribution in [0.2, 0.25) is 0 Å². The topological polar surface area (TPSA) is 15.3 Å². The highest BCUT2D eigenvalue weighted by Crippen LogP contribution is 2.18. The van der Waals surface area contributed by atoms with Crippen LogP contribution in [-0.4, -0.2) is 38.3 Å². The van der Waals surface area contributed by atoms with Gasteiger partial charge in [-0.2, -0.15) is 0 Å². The molecule has 0 unspecified atom stereocenters. The van der Waals surface area contributed by atoms with Crippen molar-refractivity contribution in [1.29, 1.82) is 0 Å². The van der Waals surface area contributed by atoms with E-state index in [4.69, 9.17) is 0 Å². The van der Waals surface area contributed by atoms with Crippen molar-refractivity contribution < 1.29 is 0 Å². The summed E-state index contributed by atoms with van der Waals surface area (Å²) in [7, 11) is 6.19. The van der Waals surface area contributed by atoms with Crippen molar-refractivity contribution in [3.63, 3.8) is 0 Å². The molecule has 0 amide bonds. The van der Waals surface area contributed by atoms with Crippen LogP contribution in [0, 0.1) is 0 Å². The van der Waals surface area contributed by atoms with E-state index < -0.39 is 0 Å². The highest BCUT2D eigenvalue weighted by atomic mass is 32.2. The standard InChI is InChI=1S/C12H20N2S/c1-13-10-11-4-6-12(7-5-11)15-9-8-14(2)3/h4-7,13H,8-10H2,1-3H3. The van der Waals surface area contributed by atoms with Gasteiger partial charge in [0, 0.05) is 23.7 Å². The summed E-state index contributed by atoms with van der Waals surface area (Å²) in [5.41, 5.74) is 1.34. The number of benzene rings is 1. The molecule has 0 bridgehead atoms. The number of thioether (sulfide) groups is 1. The van der Waals surface area contributed by atoms with Crippen molar-refractivity contribution >= 4 is 11.8 Å². The predicted octanol–water partition coefficient (Wildman–Crippen LogP) is 2.06. The van der Waals surface area contributed by atoms with E-state index in [1.165, 1.54) is 10.5 Å². The summed E-state index contributed by atoms with van der Waals surface area (Å²) in [5.74, 6) is 1.15. The monoisotopic (exact) mass is 224 g/mol. The Balaban J connectivity index is 2.36. The Morgan fingerprint density at radius 1 is 1.20 bits per heavy atom. The Morgan fingerprint density at radius 3 is 2.40 bits per heavy atom. The van der Waals surface area contributed by atoms with Gasteiger partial charge in [-0.3, -0.25) is 0 Å². The molecule has 0 radical (unpaired) electrons. The second-order valence-corrected chi connectivity index (χ2v) is 4.99. The number of hydrogen-bond donors (Lipinski definition) is 1. The second kappa shape index (κ2) is 6.88. The Hall–Kier alpha value is -0.510. The maximum atomic E-state index is 3.15. The van der Waals surface area contributed by atoms with Crippen LogP contribution in [0.4, 0.5) is 0 Å². The summed E-state index contributed by atoms with van der Waals surface area (Å²) in [4.78, 5) is 3.57. The summed E-state index contributed by atoms with van der Waals surface area (Å²) < 4.78 is 0. The van der Waals surface area contributed by atoms with Gasteiger partial charge in [0.2, 0.25) is 0 Å². The second-order valence-electron chi connectivity index (χ2n) is 3.83. The van der Waals surface area contributed by atoms with Crippen LogP contribution in [0.1, 0.15) is 5.56 Å². The SMILES string of the molecule is CNCc1ccc(SCCN(C)C)cc1. The molecule has 2 nitrogen and oxygen atoms in total. The van der Waals surface area contributed by atoms with Gasteiger partial charge in [-0.1, -0.05) is 12.1 Å².